The molecule has 0 spiro atoms. The Morgan fingerprint density at radius 3 is 2.62 bits per heavy atom. The molecule has 6 heteroatoms. The quantitative estimate of drug-likeness (QED) is 0.580. The predicted molar refractivity (Wildman–Crippen MR) is 93.2 cm³/mol. The Hall–Kier alpha value is -1.82. The van der Waals surface area contributed by atoms with E-state index < -0.39 is 5.41 Å². The summed E-state index contributed by atoms with van der Waals surface area (Å²) in [4.78, 5) is 25.8. The number of hydrogen-bond donors (Lipinski definition) is 0. The Kier molecular flexibility index (Phi) is 6.04. The van der Waals surface area contributed by atoms with Crippen molar-refractivity contribution in [3.8, 4) is 5.75 Å². The number of ketones is 1. The minimum Gasteiger partial charge on any atom is -0.494 e. The van der Waals surface area contributed by atoms with Crippen molar-refractivity contribution in [2.45, 2.75) is 27.2 Å². The fourth-order valence-corrected chi connectivity index (χ4v) is 3.01. The average Bonchev–Trinajstić information content (AvgIpc) is 2.85. The highest BCUT2D eigenvalue weighted by atomic mass is 32.2. The zero-order valence-electron chi connectivity index (χ0n) is 14.2. The number of hydrogen-bond acceptors (Lipinski definition) is 4. The second-order valence-corrected chi connectivity index (χ2v) is 7.58. The number of halogens is 1. The average molecular weight is 351 g/mol. The highest BCUT2D eigenvalue weighted by Crippen LogP contribution is 2.30. The second-order valence-electron chi connectivity index (χ2n) is 6.59. The highest BCUT2D eigenvalue weighted by Gasteiger charge is 2.29. The van der Waals surface area contributed by atoms with Gasteiger partial charge in [0.25, 0.3) is 0 Å². The summed E-state index contributed by atoms with van der Waals surface area (Å²) in [6.45, 7) is 6.48. The smallest absolute Gasteiger partial charge is 0.237 e. The normalized spacial score (nSPS) is 16.8. The van der Waals surface area contributed by atoms with Gasteiger partial charge in [0.05, 0.1) is 17.4 Å². The predicted octanol–water partition coefficient (Wildman–Crippen LogP) is 3.63. The van der Waals surface area contributed by atoms with Crippen molar-refractivity contribution < 1.29 is 18.7 Å². The van der Waals surface area contributed by atoms with E-state index in [1.54, 1.807) is 23.1 Å². The van der Waals surface area contributed by atoms with Crippen molar-refractivity contribution in [3.63, 3.8) is 0 Å². The molecule has 1 aromatic rings. The monoisotopic (exact) mass is 351 g/mol. The van der Waals surface area contributed by atoms with Crippen LogP contribution in [0, 0.1) is 11.2 Å². The number of amides is 1. The van der Waals surface area contributed by atoms with Gasteiger partial charge in [-0.3, -0.25) is 9.59 Å². The number of nitrogens with zero attached hydrogens (tertiary/aromatic N) is 1. The Morgan fingerprint density at radius 2 is 2.00 bits per heavy atom. The van der Waals surface area contributed by atoms with E-state index in [-0.39, 0.29) is 17.5 Å². The zero-order chi connectivity index (χ0) is 17.7. The summed E-state index contributed by atoms with van der Waals surface area (Å²) in [5.74, 6) is 0.668. The van der Waals surface area contributed by atoms with Crippen LogP contribution in [-0.4, -0.2) is 35.5 Å². The third kappa shape index (κ3) is 5.09. The molecular weight excluding hydrogens is 329 g/mol. The third-order valence-corrected chi connectivity index (χ3v) is 4.54. The maximum atomic E-state index is 12.8. The highest BCUT2D eigenvalue weighted by molar-refractivity contribution is 8.04. The van der Waals surface area contributed by atoms with Gasteiger partial charge in [0.2, 0.25) is 5.91 Å². The summed E-state index contributed by atoms with van der Waals surface area (Å²) in [7, 11) is 0. The standard InChI is InChI=1S/C18H22FNO3S/c1-18(2,3)15(21)11-17-20(16(22)12-24-17)9-4-10-23-14-7-5-13(19)6-8-14/h5-8,11H,4,9-10,12H2,1-3H3/b17-11-. The number of ether oxygens (including phenoxy) is 1. The summed E-state index contributed by atoms with van der Waals surface area (Å²) in [6.07, 6.45) is 2.20. The van der Waals surface area contributed by atoms with Gasteiger partial charge in [-0.1, -0.05) is 32.5 Å². The largest absolute Gasteiger partial charge is 0.494 e. The Morgan fingerprint density at radius 1 is 1.33 bits per heavy atom. The second kappa shape index (κ2) is 7.83. The molecule has 1 aliphatic heterocycles. The van der Waals surface area contributed by atoms with E-state index in [1.165, 1.54) is 23.9 Å². The molecule has 1 saturated heterocycles. The van der Waals surface area contributed by atoms with Crippen LogP contribution in [0.1, 0.15) is 27.2 Å². The fourth-order valence-electron chi connectivity index (χ4n) is 2.04. The lowest BCUT2D eigenvalue weighted by Gasteiger charge is -2.19. The fraction of sp³-hybridized carbons (Fsp3) is 0.444. The van der Waals surface area contributed by atoms with E-state index in [9.17, 15) is 14.0 Å². The SMILES string of the molecule is CC(C)(C)C(=O)/C=C1\SCC(=O)N1CCCOc1ccc(F)cc1. The van der Waals surface area contributed by atoms with Crippen LogP contribution in [0.15, 0.2) is 35.4 Å². The molecule has 2 rings (SSSR count). The van der Waals surface area contributed by atoms with Gasteiger partial charge in [0.1, 0.15) is 11.6 Å². The van der Waals surface area contributed by atoms with Crippen molar-refractivity contribution in [1.82, 2.24) is 4.90 Å². The summed E-state index contributed by atoms with van der Waals surface area (Å²) < 4.78 is 18.3. The zero-order valence-corrected chi connectivity index (χ0v) is 15.0. The molecule has 0 bridgehead atoms. The Bertz CT molecular complexity index is 635. The molecule has 1 aromatic carbocycles. The summed E-state index contributed by atoms with van der Waals surface area (Å²) >= 11 is 1.39. The number of thioether (sulfide) groups is 1. The first-order valence-corrected chi connectivity index (χ1v) is 8.83. The molecule has 24 heavy (non-hydrogen) atoms. The molecule has 1 amide bonds. The molecule has 0 saturated carbocycles. The van der Waals surface area contributed by atoms with Crippen LogP contribution < -0.4 is 4.74 Å². The van der Waals surface area contributed by atoms with Crippen LogP contribution in [0.4, 0.5) is 4.39 Å². The molecule has 0 unspecified atom stereocenters. The number of carbonyl (C=O) groups excluding carboxylic acids is 2. The molecule has 1 fully saturated rings. The molecule has 1 heterocycles. The van der Waals surface area contributed by atoms with Gasteiger partial charge in [-0.15, -0.1) is 0 Å². The molecule has 1 aliphatic rings. The van der Waals surface area contributed by atoms with Crippen LogP contribution in [0.25, 0.3) is 0 Å². The minimum atomic E-state index is -0.462. The number of carbonyl (C=O) groups is 2. The van der Waals surface area contributed by atoms with E-state index in [1.807, 2.05) is 20.8 Å². The van der Waals surface area contributed by atoms with E-state index in [4.69, 9.17) is 4.74 Å². The summed E-state index contributed by atoms with van der Waals surface area (Å²) in [6, 6.07) is 5.82. The molecule has 4 nitrogen and oxygen atoms in total. The van der Waals surface area contributed by atoms with Crippen LogP contribution in [0.5, 0.6) is 5.75 Å². The van der Waals surface area contributed by atoms with Crippen LogP contribution in [-0.2, 0) is 9.59 Å². The first-order chi connectivity index (χ1) is 11.3. The van der Waals surface area contributed by atoms with E-state index in [2.05, 4.69) is 0 Å². The van der Waals surface area contributed by atoms with Crippen LogP contribution in [0.2, 0.25) is 0 Å². The first-order valence-electron chi connectivity index (χ1n) is 7.85. The molecular formula is C18H22FNO3S. The molecule has 130 valence electrons. The minimum absolute atomic E-state index is 0.00672. The molecule has 0 aromatic heterocycles. The molecule has 0 aliphatic carbocycles. The third-order valence-electron chi connectivity index (χ3n) is 3.51. The van der Waals surface area contributed by atoms with Gasteiger partial charge in [0.15, 0.2) is 5.78 Å². The molecule has 0 radical (unpaired) electrons. The van der Waals surface area contributed by atoms with Crippen molar-refractivity contribution >= 4 is 23.5 Å². The Balaban J connectivity index is 1.87. The summed E-state index contributed by atoms with van der Waals surface area (Å²) in [5.41, 5.74) is -0.462. The van der Waals surface area contributed by atoms with E-state index >= 15 is 0 Å². The molecule has 0 atom stereocenters. The van der Waals surface area contributed by atoms with Crippen molar-refractivity contribution in [2.75, 3.05) is 18.9 Å². The first kappa shape index (κ1) is 18.5. The van der Waals surface area contributed by atoms with Crippen LogP contribution in [0.3, 0.4) is 0 Å². The topological polar surface area (TPSA) is 46.6 Å². The molecule has 0 N–H and O–H groups in total. The van der Waals surface area contributed by atoms with Crippen LogP contribution >= 0.6 is 11.8 Å². The lowest BCUT2D eigenvalue weighted by Crippen LogP contribution is -2.28. The van der Waals surface area contributed by atoms with Gasteiger partial charge in [-0.25, -0.2) is 4.39 Å². The van der Waals surface area contributed by atoms with Crippen molar-refractivity contribution in [2.24, 2.45) is 5.41 Å². The Labute approximate surface area is 146 Å². The van der Waals surface area contributed by atoms with Crippen molar-refractivity contribution in [3.05, 3.63) is 41.2 Å². The van der Waals surface area contributed by atoms with Gasteiger partial charge in [-0.05, 0) is 30.7 Å². The number of benzene rings is 1. The number of rotatable bonds is 6. The van der Waals surface area contributed by atoms with Gasteiger partial charge >= 0.3 is 0 Å². The van der Waals surface area contributed by atoms with Gasteiger partial charge in [0, 0.05) is 18.0 Å². The lowest BCUT2D eigenvalue weighted by atomic mass is 9.91. The van der Waals surface area contributed by atoms with E-state index in [0.29, 0.717) is 36.1 Å². The summed E-state index contributed by atoms with van der Waals surface area (Å²) in [5, 5.41) is 0.710. The maximum absolute atomic E-state index is 12.8. The van der Waals surface area contributed by atoms with Gasteiger partial charge < -0.3 is 9.64 Å². The van der Waals surface area contributed by atoms with E-state index in [0.717, 1.165) is 0 Å². The number of allylic oxidation sites excluding steroid dienone is 1. The maximum Gasteiger partial charge on any atom is 0.237 e. The van der Waals surface area contributed by atoms with Gasteiger partial charge in [-0.2, -0.15) is 0 Å². The lowest BCUT2D eigenvalue weighted by molar-refractivity contribution is -0.125. The van der Waals surface area contributed by atoms with Crippen molar-refractivity contribution in [1.29, 1.82) is 0 Å².